The number of urea groups is 1. The lowest BCUT2D eigenvalue weighted by Crippen LogP contribution is -2.38. The van der Waals surface area contributed by atoms with Crippen LogP contribution in [0.25, 0.3) is 10.9 Å². The lowest BCUT2D eigenvalue weighted by molar-refractivity contribution is 0.202. The molecular weight excluding hydrogens is 436 g/mol. The second-order valence-electron chi connectivity index (χ2n) is 8.14. The number of hydrogen-bond acceptors (Lipinski definition) is 3. The van der Waals surface area contributed by atoms with E-state index in [-0.39, 0.29) is 18.1 Å². The van der Waals surface area contributed by atoms with Gasteiger partial charge in [-0.05, 0) is 79.8 Å². The first kappa shape index (κ1) is 24.8. The van der Waals surface area contributed by atoms with Crippen molar-refractivity contribution in [2.24, 2.45) is 0 Å². The average molecular weight is 469 g/mol. The van der Waals surface area contributed by atoms with Crippen molar-refractivity contribution in [2.45, 2.75) is 40.2 Å². The molecule has 176 valence electrons. The van der Waals surface area contributed by atoms with Crippen LogP contribution in [0.1, 0.15) is 38.3 Å². The van der Waals surface area contributed by atoms with Gasteiger partial charge in [0.2, 0.25) is 0 Å². The van der Waals surface area contributed by atoms with E-state index in [9.17, 15) is 9.59 Å². The number of nitrogens with zero attached hydrogens (tertiary/aromatic N) is 2. The van der Waals surface area contributed by atoms with E-state index in [2.05, 4.69) is 42.0 Å². The molecule has 0 unspecified atom stereocenters. The Hall–Kier alpha value is -2.83. The van der Waals surface area contributed by atoms with Crippen molar-refractivity contribution in [2.75, 3.05) is 31.5 Å². The third kappa shape index (κ3) is 6.83. The first-order valence-corrected chi connectivity index (χ1v) is 12.0. The van der Waals surface area contributed by atoms with Gasteiger partial charge >= 0.3 is 6.03 Å². The minimum absolute atomic E-state index is 0.170. The fourth-order valence-electron chi connectivity index (χ4n) is 3.89. The molecule has 6 nitrogen and oxygen atoms in total. The lowest BCUT2D eigenvalue weighted by atomic mass is 10.1. The molecule has 3 aromatic rings. The van der Waals surface area contributed by atoms with Crippen LogP contribution in [0.2, 0.25) is 5.02 Å². The molecule has 2 amide bonds. The first-order valence-electron chi connectivity index (χ1n) is 11.6. The highest BCUT2D eigenvalue weighted by molar-refractivity contribution is 6.30. The number of H-pyrrole nitrogens is 1. The number of nitrogens with one attached hydrogen (secondary N) is 2. The highest BCUT2D eigenvalue weighted by Gasteiger charge is 2.17. The number of anilines is 1. The minimum atomic E-state index is -0.251. The summed E-state index contributed by atoms with van der Waals surface area (Å²) >= 11 is 6.07. The van der Waals surface area contributed by atoms with Gasteiger partial charge in [-0.25, -0.2) is 4.79 Å². The van der Waals surface area contributed by atoms with Crippen molar-refractivity contribution in [1.82, 2.24) is 14.8 Å². The number of aromatic nitrogens is 1. The standard InChI is InChI=1S/C26H33ClN4O2/c1-4-19-11-12-24-20(15-19)16-21(25(32)29-24)18-31(14-8-13-30(5-2)6-3)26(33)28-23-10-7-9-22(27)17-23/h7,9-12,15-17H,4-6,8,13-14,18H2,1-3H3,(H,28,33)(H,29,32). The van der Waals surface area contributed by atoms with Crippen LogP contribution < -0.4 is 10.9 Å². The summed E-state index contributed by atoms with van der Waals surface area (Å²) < 4.78 is 0. The van der Waals surface area contributed by atoms with Gasteiger partial charge in [-0.2, -0.15) is 0 Å². The molecule has 0 aliphatic rings. The molecule has 0 spiro atoms. The lowest BCUT2D eigenvalue weighted by Gasteiger charge is -2.25. The van der Waals surface area contributed by atoms with Gasteiger partial charge in [-0.1, -0.05) is 44.5 Å². The molecule has 2 N–H and O–H groups in total. The number of rotatable bonds is 10. The van der Waals surface area contributed by atoms with Crippen LogP contribution in [0, 0.1) is 0 Å². The van der Waals surface area contributed by atoms with Crippen molar-refractivity contribution >= 4 is 34.2 Å². The molecule has 0 aliphatic carbocycles. The van der Waals surface area contributed by atoms with E-state index in [1.165, 1.54) is 5.56 Å². The SMILES string of the molecule is CCc1ccc2[nH]c(=O)c(CN(CCCN(CC)CC)C(=O)Nc3cccc(Cl)c3)cc2c1. The molecule has 7 heteroatoms. The summed E-state index contributed by atoms with van der Waals surface area (Å²) in [5.74, 6) is 0. The van der Waals surface area contributed by atoms with Crippen LogP contribution in [0.5, 0.6) is 0 Å². The zero-order valence-electron chi connectivity index (χ0n) is 19.7. The Morgan fingerprint density at radius 1 is 1.03 bits per heavy atom. The number of amides is 2. The Kier molecular flexibility index (Phi) is 8.92. The quantitative estimate of drug-likeness (QED) is 0.412. The molecule has 33 heavy (non-hydrogen) atoms. The molecule has 1 heterocycles. The van der Waals surface area contributed by atoms with E-state index < -0.39 is 0 Å². The van der Waals surface area contributed by atoms with Gasteiger partial charge in [0.05, 0.1) is 6.54 Å². The van der Waals surface area contributed by atoms with Crippen LogP contribution in [0.15, 0.2) is 53.3 Å². The average Bonchev–Trinajstić information content (AvgIpc) is 2.81. The molecule has 2 aromatic carbocycles. The van der Waals surface area contributed by atoms with Crippen molar-refractivity contribution < 1.29 is 4.79 Å². The number of carbonyl (C=O) groups excluding carboxylic acids is 1. The molecule has 0 fully saturated rings. The Bertz CT molecular complexity index is 1140. The van der Waals surface area contributed by atoms with E-state index in [4.69, 9.17) is 11.6 Å². The summed E-state index contributed by atoms with van der Waals surface area (Å²) in [6.07, 6.45) is 1.74. The number of aromatic amines is 1. The van der Waals surface area contributed by atoms with Crippen LogP contribution in [-0.2, 0) is 13.0 Å². The molecule has 0 bridgehead atoms. The van der Waals surface area contributed by atoms with Crippen molar-refractivity contribution in [3.63, 3.8) is 0 Å². The summed E-state index contributed by atoms with van der Waals surface area (Å²) in [4.78, 5) is 32.9. The number of halogens is 1. The summed E-state index contributed by atoms with van der Waals surface area (Å²) in [5.41, 5.74) is 3.03. The zero-order valence-corrected chi connectivity index (χ0v) is 20.4. The molecule has 0 saturated heterocycles. The molecule has 0 saturated carbocycles. The van der Waals surface area contributed by atoms with E-state index in [1.54, 1.807) is 29.2 Å². The van der Waals surface area contributed by atoms with Gasteiger partial charge in [0.25, 0.3) is 5.56 Å². The van der Waals surface area contributed by atoms with Gasteiger partial charge < -0.3 is 20.1 Å². The smallest absolute Gasteiger partial charge is 0.322 e. The van der Waals surface area contributed by atoms with Crippen molar-refractivity contribution in [3.05, 3.63) is 75.0 Å². The molecule has 0 aliphatic heterocycles. The summed E-state index contributed by atoms with van der Waals surface area (Å²) in [5, 5.41) is 4.45. The number of benzene rings is 2. The Balaban J connectivity index is 1.83. The Labute approximate surface area is 200 Å². The van der Waals surface area contributed by atoms with Gasteiger partial charge in [0.1, 0.15) is 0 Å². The predicted octanol–water partition coefficient (Wildman–Crippen LogP) is 5.51. The van der Waals surface area contributed by atoms with Gasteiger partial charge in [0.15, 0.2) is 0 Å². The number of carbonyl (C=O) groups is 1. The van der Waals surface area contributed by atoms with Gasteiger partial charge in [-0.3, -0.25) is 4.79 Å². The minimum Gasteiger partial charge on any atom is -0.322 e. The van der Waals surface area contributed by atoms with Crippen LogP contribution in [-0.4, -0.2) is 47.0 Å². The highest BCUT2D eigenvalue weighted by Crippen LogP contribution is 2.18. The third-order valence-electron chi connectivity index (χ3n) is 5.91. The predicted molar refractivity (Wildman–Crippen MR) is 137 cm³/mol. The summed E-state index contributed by atoms with van der Waals surface area (Å²) in [6.45, 7) is 9.96. The Morgan fingerprint density at radius 2 is 1.82 bits per heavy atom. The van der Waals surface area contributed by atoms with E-state index in [0.29, 0.717) is 22.8 Å². The van der Waals surface area contributed by atoms with E-state index in [1.807, 2.05) is 18.2 Å². The van der Waals surface area contributed by atoms with E-state index in [0.717, 1.165) is 43.4 Å². The Morgan fingerprint density at radius 3 is 2.52 bits per heavy atom. The normalized spacial score (nSPS) is 11.2. The summed E-state index contributed by atoms with van der Waals surface area (Å²) in [6, 6.07) is 14.8. The fraction of sp³-hybridized carbons (Fsp3) is 0.385. The molecule has 0 atom stereocenters. The van der Waals surface area contributed by atoms with Crippen LogP contribution in [0.3, 0.4) is 0 Å². The molecule has 0 radical (unpaired) electrons. The molecular formula is C26H33ClN4O2. The number of fused-ring (bicyclic) bond motifs is 1. The number of aryl methyl sites for hydroxylation is 1. The number of pyridine rings is 1. The number of hydrogen-bond donors (Lipinski definition) is 2. The second kappa shape index (κ2) is 11.9. The zero-order chi connectivity index (χ0) is 23.8. The molecule has 1 aromatic heterocycles. The summed E-state index contributed by atoms with van der Waals surface area (Å²) in [7, 11) is 0. The maximum absolute atomic E-state index is 13.2. The monoisotopic (exact) mass is 468 g/mol. The third-order valence-corrected chi connectivity index (χ3v) is 6.15. The first-order chi connectivity index (χ1) is 15.9. The van der Waals surface area contributed by atoms with Crippen molar-refractivity contribution in [3.8, 4) is 0 Å². The topological polar surface area (TPSA) is 68.4 Å². The largest absolute Gasteiger partial charge is 0.322 e. The van der Waals surface area contributed by atoms with Gasteiger partial charge in [-0.15, -0.1) is 0 Å². The van der Waals surface area contributed by atoms with E-state index >= 15 is 0 Å². The van der Waals surface area contributed by atoms with Crippen molar-refractivity contribution in [1.29, 1.82) is 0 Å². The highest BCUT2D eigenvalue weighted by atomic mass is 35.5. The maximum atomic E-state index is 13.2. The van der Waals surface area contributed by atoms with Crippen LogP contribution >= 0.6 is 11.6 Å². The van der Waals surface area contributed by atoms with Gasteiger partial charge in [0, 0.05) is 28.3 Å². The maximum Gasteiger partial charge on any atom is 0.322 e. The van der Waals surface area contributed by atoms with Crippen LogP contribution in [0.4, 0.5) is 10.5 Å². The molecule has 3 rings (SSSR count). The fourth-order valence-corrected chi connectivity index (χ4v) is 4.08. The second-order valence-corrected chi connectivity index (χ2v) is 8.58.